The van der Waals surface area contributed by atoms with Crippen molar-refractivity contribution in [2.75, 3.05) is 158 Å². The van der Waals surface area contributed by atoms with Gasteiger partial charge < -0.3 is 40.0 Å². The molecule has 0 spiro atoms. The molecule has 0 aromatic rings. The number of sulfone groups is 2. The van der Waals surface area contributed by atoms with Crippen LogP contribution in [0.2, 0.25) is 0 Å². The molecule has 137 heavy (non-hydrogen) atoms. The van der Waals surface area contributed by atoms with E-state index in [9.17, 15) is 121 Å². The summed E-state index contributed by atoms with van der Waals surface area (Å²) in [4.78, 5) is 36.5. The molecule has 57 heteroatoms. The lowest BCUT2D eigenvalue weighted by atomic mass is 10.1. The SMILES string of the molecule is CC(C)N1CCC(S(C)(=O)=O)CC1.CC(C)S(=O)(=O)CC1CC1.CC(C)S(=O)(=O)N1CCCC1.CC(C)S(=O)(=O)N1CCN(C)CC1.CC(C)S(=O)(=O)N1CCOCC1.CC(C)S(=O)(=O)NCC(C)(C)O.CC(C)S(=O)(=O)NCC(N)=O.CC(C)S(=O)(=O)NCCO.CCCNS(=O)(=O)C(C)C.CNS(=O)(=O)C(C)C.COC(=O)CNS(=O)(=O)C(C)C.COC(=O)[C@@H](NS(=O)(=O)C(C)C)C(C)C. The van der Waals surface area contributed by atoms with Crippen LogP contribution in [0.25, 0.3) is 0 Å². The molecule has 1 aliphatic carbocycles. The first-order valence-corrected chi connectivity index (χ1v) is 64.6. The molecule has 0 unspecified atom stereocenters. The molecule has 5 aliphatic rings. The van der Waals surface area contributed by atoms with Crippen LogP contribution in [-0.4, -0.2) is 391 Å². The fourth-order valence-electron chi connectivity index (χ4n) is 9.38. The van der Waals surface area contributed by atoms with Gasteiger partial charge in [0.1, 0.15) is 22.4 Å². The van der Waals surface area contributed by atoms with Gasteiger partial charge >= 0.3 is 11.9 Å². The first-order valence-electron chi connectivity index (χ1n) is 45.6. The third kappa shape index (κ3) is 68.3. The van der Waals surface area contributed by atoms with Crippen LogP contribution in [0.4, 0.5) is 0 Å². The Balaban J connectivity index is -0.000000270. The van der Waals surface area contributed by atoms with Gasteiger partial charge in [0.25, 0.3) is 0 Å². The van der Waals surface area contributed by atoms with Gasteiger partial charge in [-0.2, -0.15) is 8.61 Å². The highest BCUT2D eigenvalue weighted by atomic mass is 32.2. The smallest absolute Gasteiger partial charge is 0.324 e. The number of rotatable bonds is 38. The van der Waals surface area contributed by atoms with E-state index in [1.54, 1.807) is 161 Å². The molecule has 5 fully saturated rings. The molecule has 11 N–H and O–H groups in total. The number of amides is 1. The number of morpholine rings is 1. The molecule has 0 aromatic heterocycles. The van der Waals surface area contributed by atoms with Crippen LogP contribution in [-0.2, 0) is 149 Å². The molecule has 1 saturated carbocycles. The molecule has 4 heterocycles. The Kier molecular flexibility index (Phi) is 74.5. The average molecular weight is 2220 g/mol. The fourth-order valence-corrected chi connectivity index (χ4v) is 20.9. The van der Waals surface area contributed by atoms with E-state index < -0.39 is 176 Å². The molecule has 1 amide bonds. The molecule has 0 radical (unpaired) electrons. The molecule has 1 atom stereocenters. The van der Waals surface area contributed by atoms with Gasteiger partial charge in [0.15, 0.2) is 9.84 Å². The summed E-state index contributed by atoms with van der Waals surface area (Å²) in [5.74, 6) is -1.08. The number of sulfonamides is 10. The zero-order valence-electron chi connectivity index (χ0n) is 88.0. The standard InChI is InChI=1S/C9H19NO4S.C9H19NO2S.C8H18N2O2S.C7H15NO3S.C7H17NO3S.C7H15NO2S.C7H14O2S.C6H13NO4S.C6H15NO2S.C5H12N2O3S.C5H13NO3S.C4H11NO2S/c1-6(2)8(9(11)14-5)10-15(12,13)7(3)4;1-8(2)10-6-4-9(5-7-10)13(3,11)12;1-8(2)13(11,12)10-6-4-9(3)5-7-10;1-7(2)12(9,10)8-3-5-11-6-4-8;1-6(2)12(10,11)8-5-7(3,4)9;1-7(2)11(9,10)8-5-3-4-6-8;1-6(2)10(8,9)5-7-3-4-7;1-5(2)12(9,10)7-4-6(8)11-3;1-4-5-7-10(8,9)6(2)3;1-4(2)11(9,10)7-3-5(6)8;1-5(2)10(8,9)6-3-4-7;1-4(2)8(6,7)5-3/h6-8,10H,1-5H3;8-9H,4-7H2,1-3H3;8H,4-7H2,1-3H3;7H,3-6H2,1-2H3;6,8-9H,5H2,1-4H3;7H,3-6H2,1-2H3;6-7H,3-5H2,1-2H3;5,7H,4H2,1-3H3;6-7H,4-5H2,1-3H3;4,7H,3H2,1-2H3,(H2,6,8);5-7H,3-4H2,1-2H3;4-5H,1-3H3/t8-;;;;;;;;;;;/m0.........../s1. The number of aliphatic hydroxyl groups is 2. The maximum atomic E-state index is 11.7. The number of hydrogen-bond donors (Lipinski definition) is 10. The fraction of sp³-hybridized carbons (Fsp3) is 0.963. The second kappa shape index (κ2) is 69.4. The molecule has 45 nitrogen and oxygen atoms in total. The summed E-state index contributed by atoms with van der Waals surface area (Å²) in [5, 5.41) is 13.2. The van der Waals surface area contributed by atoms with Gasteiger partial charge in [-0.3, -0.25) is 14.4 Å². The van der Waals surface area contributed by atoms with Crippen LogP contribution < -0.4 is 38.8 Å². The minimum Gasteiger partial charge on any atom is -0.468 e. The largest absolute Gasteiger partial charge is 0.468 e. The lowest BCUT2D eigenvalue weighted by Crippen LogP contribution is -2.49. The molecule has 4 aliphatic heterocycles. The van der Waals surface area contributed by atoms with Crippen molar-refractivity contribution < 1.29 is 140 Å². The maximum absolute atomic E-state index is 11.7. The van der Waals surface area contributed by atoms with Crippen LogP contribution >= 0.6 is 0 Å². The number of carbonyl (C=O) groups is 3. The Hall–Kier alpha value is -2.79. The van der Waals surface area contributed by atoms with Crippen molar-refractivity contribution in [3.8, 4) is 0 Å². The number of hydrogen-bond acceptors (Lipinski definition) is 34. The van der Waals surface area contributed by atoms with Crippen LogP contribution in [0.1, 0.15) is 246 Å². The van der Waals surface area contributed by atoms with Crippen molar-refractivity contribution in [2.45, 2.75) is 326 Å². The predicted molar refractivity (Wildman–Crippen MR) is 547 cm³/mol. The summed E-state index contributed by atoms with van der Waals surface area (Å²) in [7, 11) is -31.2. The van der Waals surface area contributed by atoms with Crippen molar-refractivity contribution in [2.24, 2.45) is 17.6 Å². The summed E-state index contributed by atoms with van der Waals surface area (Å²) in [5.41, 5.74) is 3.74. The Morgan fingerprint density at radius 1 is 0.431 bits per heavy atom. The first-order chi connectivity index (χ1) is 61.6. The minimum absolute atomic E-state index is 0.0491. The van der Waals surface area contributed by atoms with E-state index in [4.69, 9.17) is 15.6 Å². The average Bonchev–Trinajstić information content (AvgIpc) is 1.81. The van der Waals surface area contributed by atoms with Crippen LogP contribution in [0, 0.1) is 11.8 Å². The number of nitrogens with one attached hydrogen (secondary N) is 7. The van der Waals surface area contributed by atoms with E-state index >= 15 is 0 Å². The third-order valence-corrected chi connectivity index (χ3v) is 43.4. The van der Waals surface area contributed by atoms with Gasteiger partial charge in [0, 0.05) is 84.3 Å². The number of primary amides is 1. The second-order valence-corrected chi connectivity index (χ2v) is 65.3. The summed E-state index contributed by atoms with van der Waals surface area (Å²) in [6, 6.07) is -0.275. The quantitative estimate of drug-likeness (QED) is 0.0394. The number of nitrogens with zero attached hydrogens (tertiary/aromatic N) is 5. The van der Waals surface area contributed by atoms with E-state index in [-0.39, 0.29) is 75.5 Å². The number of esters is 2. The van der Waals surface area contributed by atoms with Gasteiger partial charge in [-0.15, -0.1) is 0 Å². The van der Waals surface area contributed by atoms with Crippen LogP contribution in [0.5, 0.6) is 0 Å². The van der Waals surface area contributed by atoms with E-state index in [1.165, 1.54) is 59.5 Å². The zero-order chi connectivity index (χ0) is 110. The summed E-state index contributed by atoms with van der Waals surface area (Å²) in [6.45, 7) is 57.0. The Morgan fingerprint density at radius 3 is 1.04 bits per heavy atom. The summed E-state index contributed by atoms with van der Waals surface area (Å²) >= 11 is 0. The highest BCUT2D eigenvalue weighted by Gasteiger charge is 2.35. The first kappa shape index (κ1) is 147. The number of ether oxygens (including phenoxy) is 3. The van der Waals surface area contributed by atoms with Crippen molar-refractivity contribution >= 4 is 138 Å². The topological polar surface area (TPSA) is 655 Å². The van der Waals surface area contributed by atoms with Crippen molar-refractivity contribution in [1.29, 1.82) is 0 Å². The van der Waals surface area contributed by atoms with Crippen molar-refractivity contribution in [3.05, 3.63) is 0 Å². The van der Waals surface area contributed by atoms with E-state index in [1.807, 2.05) is 14.0 Å². The zero-order valence-corrected chi connectivity index (χ0v) is 97.8. The number of methoxy groups -OCH3 is 2. The lowest BCUT2D eigenvalue weighted by Gasteiger charge is -2.33. The van der Waals surface area contributed by atoms with Gasteiger partial charge in [-0.1, -0.05) is 20.8 Å². The van der Waals surface area contributed by atoms with Gasteiger partial charge in [0.05, 0.1) is 115 Å². The van der Waals surface area contributed by atoms with Crippen LogP contribution in [0.3, 0.4) is 0 Å². The maximum Gasteiger partial charge on any atom is 0.324 e. The molecular weight excluding hydrogens is 2040 g/mol. The number of piperazine rings is 1. The number of likely N-dealkylation sites (tertiary alicyclic amines) is 1. The Bertz CT molecular complexity index is 4780. The van der Waals surface area contributed by atoms with Crippen molar-refractivity contribution in [3.63, 3.8) is 0 Å². The number of likely N-dealkylation sites (N-methyl/N-ethyl adjacent to an activating group) is 1. The monoisotopic (exact) mass is 2220 g/mol. The van der Waals surface area contributed by atoms with Gasteiger partial charge in [0.2, 0.25) is 106 Å². The molecule has 5 rings (SSSR count). The lowest BCUT2D eigenvalue weighted by molar-refractivity contribution is -0.143. The number of aliphatic hydroxyl groups excluding tert-OH is 1. The molecule has 830 valence electrons. The second-order valence-electron chi connectivity index (χ2n) is 36.6. The van der Waals surface area contributed by atoms with Crippen LogP contribution in [0.15, 0.2) is 0 Å². The molecule has 4 saturated heterocycles. The summed E-state index contributed by atoms with van der Waals surface area (Å²) in [6.07, 6.45) is 8.07. The molecular formula is C80H181N13O32S12. The normalized spacial score (nSPS) is 16.6. The van der Waals surface area contributed by atoms with Crippen molar-refractivity contribution in [1.82, 2.24) is 55.8 Å². The Labute approximate surface area is 829 Å². The third-order valence-electron chi connectivity index (χ3n) is 19.9. The van der Waals surface area contributed by atoms with E-state index in [0.29, 0.717) is 63.7 Å². The highest BCUT2D eigenvalue weighted by molar-refractivity contribution is 7.93. The highest BCUT2D eigenvalue weighted by Crippen LogP contribution is 2.31. The van der Waals surface area contributed by atoms with Gasteiger partial charge in [-0.05, 0) is 264 Å². The minimum atomic E-state index is -3.45. The Morgan fingerprint density at radius 2 is 0.766 bits per heavy atom. The number of nitrogens with two attached hydrogens (primary N) is 1. The number of carbonyl (C=O) groups excluding carboxylic acids is 3. The summed E-state index contributed by atoms with van der Waals surface area (Å²) < 4.78 is 303. The molecule has 0 aromatic carbocycles. The predicted octanol–water partition coefficient (Wildman–Crippen LogP) is 1.83. The van der Waals surface area contributed by atoms with E-state index in [2.05, 4.69) is 66.2 Å². The van der Waals surface area contributed by atoms with E-state index in [0.717, 1.165) is 84.2 Å². The molecule has 0 bridgehead atoms. The number of piperidine rings is 1. The van der Waals surface area contributed by atoms with Gasteiger partial charge in [-0.25, -0.2) is 138 Å².